The van der Waals surface area contributed by atoms with Gasteiger partial charge in [0.2, 0.25) is 0 Å². The molecule has 1 aromatic heterocycles. The van der Waals surface area contributed by atoms with Gasteiger partial charge in [-0.3, -0.25) is 4.98 Å². The number of rotatable bonds is 5. The van der Waals surface area contributed by atoms with Crippen molar-refractivity contribution in [2.24, 2.45) is 0 Å². The highest BCUT2D eigenvalue weighted by Gasteiger charge is 2.38. The van der Waals surface area contributed by atoms with Crippen LogP contribution in [-0.2, 0) is 22.3 Å². The number of phosphoric acid groups is 3. The van der Waals surface area contributed by atoms with Crippen LogP contribution in [0.5, 0.6) is 0 Å². The van der Waals surface area contributed by atoms with Gasteiger partial charge in [-0.05, 0) is 6.07 Å². The number of aromatic nitrogens is 2. The average molecular weight is 383 g/mol. The Hall–Kier alpha value is -0.910. The number of hydrogen-bond acceptors (Lipinski definition) is 8. The minimum absolute atomic E-state index is 0.332. The van der Waals surface area contributed by atoms with Gasteiger partial charge in [-0.2, -0.15) is 8.62 Å². The Morgan fingerprint density at radius 1 is 1.09 bits per heavy atom. The van der Waals surface area contributed by atoms with Gasteiger partial charge in [0.25, 0.3) is 0 Å². The first-order valence-electron chi connectivity index (χ1n) is 4.84. The molecule has 22 heavy (non-hydrogen) atoms. The molecule has 0 atom stereocenters. The molecule has 0 aromatic carbocycles. The van der Waals surface area contributed by atoms with Gasteiger partial charge < -0.3 is 29.8 Å². The first-order chi connectivity index (χ1) is 9.74. The molecular formula is C5H12N3O11P3. The molecule has 0 bridgehead atoms. The minimum atomic E-state index is -5.46. The summed E-state index contributed by atoms with van der Waals surface area (Å²) in [6.07, 6.45) is 1.45. The lowest BCUT2D eigenvalue weighted by Gasteiger charge is -2.11. The topological polar surface area (TPSA) is 229 Å². The SMILES string of the molecule is CNc1ccnc(=O)[nH]1.O=P(O)(O)OP(=O)(O)OP(=O)(O)O. The molecule has 1 heterocycles. The van der Waals surface area contributed by atoms with E-state index in [4.69, 9.17) is 24.5 Å². The van der Waals surface area contributed by atoms with Crippen molar-refractivity contribution in [3.8, 4) is 0 Å². The fourth-order valence-corrected chi connectivity index (χ4v) is 3.34. The van der Waals surface area contributed by atoms with Gasteiger partial charge in [0.15, 0.2) is 0 Å². The monoisotopic (exact) mass is 383 g/mol. The van der Waals surface area contributed by atoms with E-state index in [1.165, 1.54) is 6.20 Å². The third kappa shape index (κ3) is 11.7. The molecule has 0 aliphatic carbocycles. The molecule has 0 saturated heterocycles. The van der Waals surface area contributed by atoms with Gasteiger partial charge in [-0.15, -0.1) is 0 Å². The van der Waals surface area contributed by atoms with Gasteiger partial charge in [0, 0.05) is 13.2 Å². The zero-order chi connectivity index (χ0) is 17.6. The van der Waals surface area contributed by atoms with Crippen LogP contribution in [-0.4, -0.2) is 41.5 Å². The third-order valence-electron chi connectivity index (χ3n) is 1.36. The molecule has 0 aliphatic heterocycles. The molecule has 1 aromatic rings. The third-order valence-corrected chi connectivity index (χ3v) is 4.72. The number of anilines is 1. The van der Waals surface area contributed by atoms with E-state index in [1.807, 2.05) is 0 Å². The molecule has 0 spiro atoms. The Bertz CT molecular complexity index is 648. The predicted molar refractivity (Wildman–Crippen MR) is 70.5 cm³/mol. The van der Waals surface area contributed by atoms with E-state index in [2.05, 4.69) is 23.9 Å². The highest BCUT2D eigenvalue weighted by atomic mass is 31.3. The van der Waals surface area contributed by atoms with Crippen LogP contribution in [0.2, 0.25) is 0 Å². The molecule has 14 nitrogen and oxygen atoms in total. The first-order valence-corrected chi connectivity index (χ1v) is 9.39. The maximum atomic E-state index is 10.4. The summed E-state index contributed by atoms with van der Waals surface area (Å²) in [5, 5.41) is 2.77. The summed E-state index contributed by atoms with van der Waals surface area (Å²) in [6.45, 7) is 0. The smallest absolute Gasteiger partial charge is 0.375 e. The van der Waals surface area contributed by atoms with Crippen molar-refractivity contribution in [1.29, 1.82) is 0 Å². The summed E-state index contributed by atoms with van der Waals surface area (Å²) in [5.74, 6) is 0.676. The summed E-state index contributed by atoms with van der Waals surface area (Å²) in [5.41, 5.74) is -0.332. The van der Waals surface area contributed by atoms with Crippen LogP contribution < -0.4 is 11.0 Å². The molecular weight excluding hydrogens is 371 g/mol. The standard InChI is InChI=1S/C5H7N3O.H5O10P3/c1-6-4-2-3-7-5(9)8-4;1-11(2,3)9-13(7,8)10-12(4,5)6/h2-3H,1H3,(H2,6,7,8,9);(H,7,8)(H2,1,2,3)(H2,4,5,6). The second kappa shape index (κ2) is 8.09. The lowest BCUT2D eigenvalue weighted by Crippen LogP contribution is -2.10. The second-order valence-corrected chi connectivity index (χ2v) is 7.36. The van der Waals surface area contributed by atoms with Crippen LogP contribution in [0.1, 0.15) is 0 Å². The molecule has 0 unspecified atom stereocenters. The largest absolute Gasteiger partial charge is 0.490 e. The summed E-state index contributed by atoms with van der Waals surface area (Å²) in [4.78, 5) is 56.6. The Kier molecular flexibility index (Phi) is 7.75. The number of nitrogens with one attached hydrogen (secondary N) is 2. The van der Waals surface area contributed by atoms with Crippen LogP contribution in [0, 0.1) is 0 Å². The predicted octanol–water partition coefficient (Wildman–Crippen LogP) is -0.883. The Balaban J connectivity index is 0.000000425. The van der Waals surface area contributed by atoms with Crippen molar-refractivity contribution < 1.29 is 46.8 Å². The zero-order valence-corrected chi connectivity index (χ0v) is 13.3. The average Bonchev–Trinajstić information content (AvgIpc) is 2.22. The van der Waals surface area contributed by atoms with Crippen molar-refractivity contribution >= 4 is 29.3 Å². The highest BCUT2D eigenvalue weighted by molar-refractivity contribution is 7.66. The van der Waals surface area contributed by atoms with Gasteiger partial charge in [0.1, 0.15) is 5.82 Å². The molecule has 0 fully saturated rings. The molecule has 0 amide bonds. The molecule has 17 heteroatoms. The van der Waals surface area contributed by atoms with Crippen molar-refractivity contribution in [3.05, 3.63) is 22.7 Å². The van der Waals surface area contributed by atoms with Crippen LogP contribution in [0.25, 0.3) is 0 Å². The fraction of sp³-hybridized carbons (Fsp3) is 0.200. The highest BCUT2D eigenvalue weighted by Crippen LogP contribution is 2.64. The van der Waals surface area contributed by atoms with Crippen LogP contribution in [0.3, 0.4) is 0 Å². The van der Waals surface area contributed by atoms with E-state index >= 15 is 0 Å². The van der Waals surface area contributed by atoms with E-state index in [1.54, 1.807) is 13.1 Å². The minimum Gasteiger partial charge on any atom is -0.375 e. The maximum Gasteiger partial charge on any atom is 0.490 e. The summed E-state index contributed by atoms with van der Waals surface area (Å²) < 4.78 is 36.4. The van der Waals surface area contributed by atoms with E-state index in [0.717, 1.165) is 0 Å². The zero-order valence-electron chi connectivity index (χ0n) is 10.6. The first kappa shape index (κ1) is 21.1. The molecule has 7 N–H and O–H groups in total. The second-order valence-electron chi connectivity index (χ2n) is 3.15. The number of hydrogen-bond donors (Lipinski definition) is 7. The number of H-pyrrole nitrogens is 1. The molecule has 0 radical (unpaired) electrons. The Morgan fingerprint density at radius 2 is 1.55 bits per heavy atom. The summed E-state index contributed by atoms with van der Waals surface area (Å²) >= 11 is 0. The summed E-state index contributed by atoms with van der Waals surface area (Å²) in [7, 11) is -14.4. The van der Waals surface area contributed by atoms with Crippen molar-refractivity contribution in [1.82, 2.24) is 9.97 Å². The van der Waals surface area contributed by atoms with Crippen molar-refractivity contribution in [2.75, 3.05) is 12.4 Å². The molecule has 0 saturated carbocycles. The van der Waals surface area contributed by atoms with Gasteiger partial charge in [-0.1, -0.05) is 0 Å². The molecule has 0 aliphatic rings. The maximum absolute atomic E-state index is 10.4. The van der Waals surface area contributed by atoms with E-state index < -0.39 is 23.5 Å². The van der Waals surface area contributed by atoms with Crippen molar-refractivity contribution in [2.45, 2.75) is 0 Å². The van der Waals surface area contributed by atoms with Crippen LogP contribution in [0.15, 0.2) is 17.1 Å². The van der Waals surface area contributed by atoms with Gasteiger partial charge >= 0.3 is 29.2 Å². The van der Waals surface area contributed by atoms with E-state index in [9.17, 15) is 18.5 Å². The van der Waals surface area contributed by atoms with Crippen LogP contribution >= 0.6 is 23.5 Å². The number of aromatic amines is 1. The normalized spacial score (nSPS) is 12.3. The molecule has 128 valence electrons. The Labute approximate surface area is 122 Å². The fourth-order valence-electron chi connectivity index (χ4n) is 0.798. The van der Waals surface area contributed by atoms with E-state index in [0.29, 0.717) is 5.82 Å². The van der Waals surface area contributed by atoms with E-state index in [-0.39, 0.29) is 5.69 Å². The Morgan fingerprint density at radius 3 is 1.82 bits per heavy atom. The lowest BCUT2D eigenvalue weighted by molar-refractivity contribution is 0.204. The quantitative estimate of drug-likeness (QED) is 0.307. The lowest BCUT2D eigenvalue weighted by atomic mass is 10.6. The van der Waals surface area contributed by atoms with Crippen LogP contribution in [0.4, 0.5) is 5.82 Å². The van der Waals surface area contributed by atoms with Gasteiger partial charge in [0.05, 0.1) is 0 Å². The number of nitrogens with zero attached hydrogens (tertiary/aromatic N) is 1. The molecule has 1 rings (SSSR count). The van der Waals surface area contributed by atoms with Gasteiger partial charge in [-0.25, -0.2) is 23.5 Å². The van der Waals surface area contributed by atoms with Crippen molar-refractivity contribution in [3.63, 3.8) is 0 Å². The summed E-state index contributed by atoms with van der Waals surface area (Å²) in [6, 6.07) is 1.68.